The second-order valence-electron chi connectivity index (χ2n) is 5.48. The Kier molecular flexibility index (Phi) is 4.99. The van der Waals surface area contributed by atoms with Crippen LogP contribution >= 0.6 is 11.6 Å². The van der Waals surface area contributed by atoms with Crippen molar-refractivity contribution in [3.8, 4) is 0 Å². The molecule has 1 saturated heterocycles. The number of non-ortho nitro benzene ring substituents is 1. The molecule has 3 rings (SSSR count). The summed E-state index contributed by atoms with van der Waals surface area (Å²) < 4.78 is 4.89. The topological polar surface area (TPSA) is 89.8 Å². The molecular weight excluding hydrogens is 360 g/mol. The van der Waals surface area contributed by atoms with E-state index in [4.69, 9.17) is 16.3 Å². The molecule has 0 spiro atoms. The van der Waals surface area contributed by atoms with Crippen molar-refractivity contribution in [2.75, 3.05) is 18.1 Å². The first kappa shape index (κ1) is 17.6. The van der Waals surface area contributed by atoms with Crippen LogP contribution in [0.3, 0.4) is 0 Å². The van der Waals surface area contributed by atoms with Crippen LogP contribution in [0.25, 0.3) is 6.08 Å². The number of carbonyl (C=O) groups excluding carboxylic acids is 2. The van der Waals surface area contributed by atoms with E-state index in [2.05, 4.69) is 0 Å². The molecule has 132 valence electrons. The van der Waals surface area contributed by atoms with Crippen LogP contribution < -0.4 is 4.90 Å². The van der Waals surface area contributed by atoms with Crippen molar-refractivity contribution in [3.63, 3.8) is 0 Å². The number of rotatable bonds is 5. The Morgan fingerprint density at radius 3 is 2.77 bits per heavy atom. The second kappa shape index (κ2) is 7.37. The van der Waals surface area contributed by atoms with Gasteiger partial charge in [0.15, 0.2) is 5.78 Å². The molecule has 0 radical (unpaired) electrons. The average molecular weight is 373 g/mol. The summed E-state index contributed by atoms with van der Waals surface area (Å²) in [7, 11) is 0. The van der Waals surface area contributed by atoms with Gasteiger partial charge in [-0.2, -0.15) is 0 Å². The van der Waals surface area contributed by atoms with E-state index in [1.807, 2.05) is 0 Å². The first-order valence-corrected chi connectivity index (χ1v) is 8.04. The van der Waals surface area contributed by atoms with Gasteiger partial charge in [0.2, 0.25) is 0 Å². The number of allylic oxidation sites excluding steroid dienone is 1. The molecule has 0 bridgehead atoms. The number of hydrogen-bond acceptors (Lipinski definition) is 5. The van der Waals surface area contributed by atoms with E-state index in [9.17, 15) is 19.7 Å². The first-order valence-electron chi connectivity index (χ1n) is 7.66. The third-order valence-electron chi connectivity index (χ3n) is 3.81. The Labute approximate surface area is 153 Å². The highest BCUT2D eigenvalue weighted by atomic mass is 35.5. The lowest BCUT2D eigenvalue weighted by molar-refractivity contribution is -0.384. The van der Waals surface area contributed by atoms with Gasteiger partial charge in [-0.1, -0.05) is 23.7 Å². The number of anilines is 1. The van der Waals surface area contributed by atoms with Crippen LogP contribution in [-0.2, 0) is 4.74 Å². The van der Waals surface area contributed by atoms with Gasteiger partial charge in [-0.05, 0) is 35.9 Å². The minimum atomic E-state index is -0.534. The van der Waals surface area contributed by atoms with Gasteiger partial charge in [0.25, 0.3) is 5.69 Å². The lowest BCUT2D eigenvalue weighted by Crippen LogP contribution is -2.23. The largest absolute Gasteiger partial charge is 0.447 e. The summed E-state index contributed by atoms with van der Waals surface area (Å²) in [6.07, 6.45) is 2.26. The zero-order valence-corrected chi connectivity index (χ0v) is 14.2. The lowest BCUT2D eigenvalue weighted by atomic mass is 10.1. The van der Waals surface area contributed by atoms with Crippen molar-refractivity contribution in [2.45, 2.75) is 0 Å². The zero-order chi connectivity index (χ0) is 18.7. The standard InChI is InChI=1S/C18H13ClN2O5/c19-16-6-5-15(21(24)25)10-12(16)4-7-17(22)13-2-1-3-14(11-13)20-8-9-26-18(20)23/h1-7,10-11H,8-9H2/b7-4+. The molecule has 1 amide bonds. The number of nitro groups is 1. The molecule has 1 heterocycles. The highest BCUT2D eigenvalue weighted by Gasteiger charge is 2.23. The van der Waals surface area contributed by atoms with E-state index in [1.165, 1.54) is 35.3 Å². The quantitative estimate of drug-likeness (QED) is 0.341. The normalized spacial score (nSPS) is 13.9. The summed E-state index contributed by atoms with van der Waals surface area (Å²) in [6.45, 7) is 0.734. The van der Waals surface area contributed by atoms with E-state index in [0.29, 0.717) is 35.0 Å². The third kappa shape index (κ3) is 3.73. The van der Waals surface area contributed by atoms with Crippen LogP contribution in [0.2, 0.25) is 5.02 Å². The molecule has 0 saturated carbocycles. The van der Waals surface area contributed by atoms with Crippen LogP contribution in [0, 0.1) is 10.1 Å². The fraction of sp³-hybridized carbons (Fsp3) is 0.111. The van der Waals surface area contributed by atoms with Crippen LogP contribution in [0.5, 0.6) is 0 Å². The predicted molar refractivity (Wildman–Crippen MR) is 96.6 cm³/mol. The Morgan fingerprint density at radius 1 is 1.27 bits per heavy atom. The van der Waals surface area contributed by atoms with E-state index in [-0.39, 0.29) is 11.5 Å². The zero-order valence-electron chi connectivity index (χ0n) is 13.4. The predicted octanol–water partition coefficient (Wildman–Crippen LogP) is 4.10. The number of ether oxygens (including phenoxy) is 1. The molecule has 1 aliphatic rings. The maximum atomic E-state index is 12.4. The number of ketones is 1. The molecule has 1 fully saturated rings. The molecular formula is C18H13ClN2O5. The summed E-state index contributed by atoms with van der Waals surface area (Å²) in [5.41, 5.74) is 1.20. The minimum absolute atomic E-state index is 0.115. The van der Waals surface area contributed by atoms with Crippen LogP contribution in [0.4, 0.5) is 16.2 Å². The summed E-state index contributed by atoms with van der Waals surface area (Å²) in [6, 6.07) is 10.6. The third-order valence-corrected chi connectivity index (χ3v) is 4.15. The summed E-state index contributed by atoms with van der Waals surface area (Å²) >= 11 is 6.01. The molecule has 0 aromatic heterocycles. The van der Waals surface area contributed by atoms with Crippen molar-refractivity contribution in [1.29, 1.82) is 0 Å². The summed E-state index contributed by atoms with van der Waals surface area (Å²) in [4.78, 5) is 35.8. The SMILES string of the molecule is O=C(/C=C/c1cc([N+](=O)[O-])ccc1Cl)c1cccc(N2CCOC2=O)c1. The number of nitrogens with zero attached hydrogens (tertiary/aromatic N) is 2. The molecule has 26 heavy (non-hydrogen) atoms. The summed E-state index contributed by atoms with van der Waals surface area (Å²) in [5.74, 6) is -0.318. The average Bonchev–Trinajstić information content (AvgIpc) is 3.06. The van der Waals surface area contributed by atoms with Gasteiger partial charge in [0.05, 0.1) is 11.5 Å². The lowest BCUT2D eigenvalue weighted by Gasteiger charge is -2.13. The Morgan fingerprint density at radius 2 is 2.08 bits per heavy atom. The number of cyclic esters (lactones) is 1. The van der Waals surface area contributed by atoms with Crippen molar-refractivity contribution < 1.29 is 19.2 Å². The number of amides is 1. The van der Waals surface area contributed by atoms with Crippen LogP contribution in [0.1, 0.15) is 15.9 Å². The number of hydrogen-bond donors (Lipinski definition) is 0. The fourth-order valence-corrected chi connectivity index (χ4v) is 2.67. The highest BCUT2D eigenvalue weighted by molar-refractivity contribution is 6.32. The second-order valence-corrected chi connectivity index (χ2v) is 5.88. The Hall–Kier alpha value is -3.19. The molecule has 1 aliphatic heterocycles. The first-order chi connectivity index (χ1) is 12.5. The highest BCUT2D eigenvalue weighted by Crippen LogP contribution is 2.24. The van der Waals surface area contributed by atoms with Gasteiger partial charge in [-0.25, -0.2) is 4.79 Å². The number of benzene rings is 2. The summed E-state index contributed by atoms with van der Waals surface area (Å²) in [5, 5.41) is 11.1. The van der Waals surface area contributed by atoms with Crippen molar-refractivity contribution in [2.24, 2.45) is 0 Å². The van der Waals surface area contributed by atoms with Crippen LogP contribution in [0.15, 0.2) is 48.5 Å². The number of carbonyl (C=O) groups is 2. The molecule has 2 aromatic rings. The van der Waals surface area contributed by atoms with E-state index in [0.717, 1.165) is 0 Å². The minimum Gasteiger partial charge on any atom is -0.447 e. The van der Waals surface area contributed by atoms with Crippen molar-refractivity contribution in [3.05, 3.63) is 74.8 Å². The molecule has 0 atom stereocenters. The molecule has 0 unspecified atom stereocenters. The Balaban J connectivity index is 1.82. The van der Waals surface area contributed by atoms with Gasteiger partial charge < -0.3 is 4.74 Å². The molecule has 7 nitrogen and oxygen atoms in total. The molecule has 0 N–H and O–H groups in total. The number of halogens is 1. The fourth-order valence-electron chi connectivity index (χ4n) is 2.49. The van der Waals surface area contributed by atoms with Crippen LogP contribution in [-0.4, -0.2) is 30.0 Å². The molecule has 8 heteroatoms. The molecule has 2 aromatic carbocycles. The maximum absolute atomic E-state index is 12.4. The van der Waals surface area contributed by atoms with Gasteiger partial charge in [-0.15, -0.1) is 0 Å². The van der Waals surface area contributed by atoms with E-state index < -0.39 is 11.0 Å². The number of nitro benzene ring substituents is 1. The van der Waals surface area contributed by atoms with E-state index in [1.54, 1.807) is 24.3 Å². The van der Waals surface area contributed by atoms with Crippen molar-refractivity contribution in [1.82, 2.24) is 0 Å². The smallest absolute Gasteiger partial charge is 0.414 e. The van der Waals surface area contributed by atoms with Gasteiger partial charge in [0, 0.05) is 28.4 Å². The maximum Gasteiger partial charge on any atom is 0.414 e. The van der Waals surface area contributed by atoms with E-state index >= 15 is 0 Å². The Bertz CT molecular complexity index is 926. The monoisotopic (exact) mass is 372 g/mol. The molecule has 0 aliphatic carbocycles. The van der Waals surface area contributed by atoms with Gasteiger partial charge >= 0.3 is 6.09 Å². The van der Waals surface area contributed by atoms with Gasteiger partial charge in [0.1, 0.15) is 6.61 Å². The van der Waals surface area contributed by atoms with Gasteiger partial charge in [-0.3, -0.25) is 19.8 Å². The van der Waals surface area contributed by atoms with Crippen molar-refractivity contribution >= 4 is 40.9 Å².